The molecule has 3 N–H and O–H groups in total. The monoisotopic (exact) mass is 227 g/mol. The summed E-state index contributed by atoms with van der Waals surface area (Å²) >= 11 is 0. The van der Waals surface area contributed by atoms with Gasteiger partial charge in [0.1, 0.15) is 5.82 Å². The summed E-state index contributed by atoms with van der Waals surface area (Å²) in [6.45, 7) is 2.03. The van der Waals surface area contributed by atoms with Crippen LogP contribution < -0.4 is 11.1 Å². The summed E-state index contributed by atoms with van der Waals surface area (Å²) < 4.78 is 0. The van der Waals surface area contributed by atoms with Crippen LogP contribution in [0.4, 0.5) is 5.82 Å². The number of benzene rings is 1. The fourth-order valence-electron chi connectivity index (χ4n) is 1.88. The highest BCUT2D eigenvalue weighted by Crippen LogP contribution is 2.21. The van der Waals surface area contributed by atoms with Crippen molar-refractivity contribution >= 4 is 5.82 Å². The van der Waals surface area contributed by atoms with Gasteiger partial charge in [0.15, 0.2) is 0 Å². The van der Waals surface area contributed by atoms with Crippen molar-refractivity contribution in [2.75, 3.05) is 12.4 Å². The molecule has 2 aromatic rings. The highest BCUT2D eigenvalue weighted by molar-refractivity contribution is 5.45. The number of hydrogen-bond acceptors (Lipinski definition) is 3. The number of hydrogen-bond donors (Lipinski definition) is 2. The van der Waals surface area contributed by atoms with Crippen LogP contribution in [0.15, 0.2) is 42.6 Å². The van der Waals surface area contributed by atoms with Gasteiger partial charge in [-0.1, -0.05) is 30.3 Å². The molecule has 3 nitrogen and oxygen atoms in total. The molecular weight excluding hydrogens is 210 g/mol. The first kappa shape index (κ1) is 11.6. The molecule has 88 valence electrons. The van der Waals surface area contributed by atoms with Gasteiger partial charge in [-0.2, -0.15) is 0 Å². The Labute approximate surface area is 102 Å². The maximum absolute atomic E-state index is 6.22. The highest BCUT2D eigenvalue weighted by atomic mass is 15.0. The molecule has 1 atom stereocenters. The average Bonchev–Trinajstić information content (AvgIpc) is 2.39. The van der Waals surface area contributed by atoms with Gasteiger partial charge in [-0.15, -0.1) is 0 Å². The third-order valence-electron chi connectivity index (χ3n) is 2.85. The smallest absolute Gasteiger partial charge is 0.128 e. The van der Waals surface area contributed by atoms with Crippen LogP contribution in [0.1, 0.15) is 22.7 Å². The summed E-state index contributed by atoms with van der Waals surface area (Å²) in [7, 11) is 1.87. The number of aromatic nitrogens is 1. The fraction of sp³-hybridized carbons (Fsp3) is 0.214. The second-order valence-corrected chi connectivity index (χ2v) is 4.07. The van der Waals surface area contributed by atoms with Gasteiger partial charge < -0.3 is 11.1 Å². The number of aryl methyl sites for hydroxylation is 1. The van der Waals surface area contributed by atoms with Crippen LogP contribution in [0, 0.1) is 6.92 Å². The minimum absolute atomic E-state index is 0.117. The number of anilines is 1. The second-order valence-electron chi connectivity index (χ2n) is 4.07. The van der Waals surface area contributed by atoms with Gasteiger partial charge in [-0.3, -0.25) is 0 Å². The predicted octanol–water partition coefficient (Wildman–Crippen LogP) is 2.48. The van der Waals surface area contributed by atoms with Crippen molar-refractivity contribution in [1.29, 1.82) is 0 Å². The molecule has 0 aliphatic rings. The van der Waals surface area contributed by atoms with Crippen LogP contribution in [0.2, 0.25) is 0 Å². The molecule has 0 spiro atoms. The highest BCUT2D eigenvalue weighted by Gasteiger charge is 2.10. The number of rotatable bonds is 3. The summed E-state index contributed by atoms with van der Waals surface area (Å²) in [6.07, 6.45) is 1.83. The van der Waals surface area contributed by atoms with E-state index in [0.717, 1.165) is 22.5 Å². The Morgan fingerprint density at radius 2 is 1.88 bits per heavy atom. The molecule has 0 amide bonds. The van der Waals surface area contributed by atoms with Crippen molar-refractivity contribution < 1.29 is 0 Å². The average molecular weight is 227 g/mol. The van der Waals surface area contributed by atoms with E-state index in [2.05, 4.69) is 16.4 Å². The molecule has 0 radical (unpaired) electrons. The Bertz CT molecular complexity index is 494. The molecule has 1 aromatic heterocycles. The van der Waals surface area contributed by atoms with Crippen molar-refractivity contribution in [1.82, 2.24) is 4.98 Å². The van der Waals surface area contributed by atoms with Crippen LogP contribution in [-0.4, -0.2) is 12.0 Å². The zero-order valence-corrected chi connectivity index (χ0v) is 10.1. The van der Waals surface area contributed by atoms with Crippen molar-refractivity contribution in [3.8, 4) is 0 Å². The van der Waals surface area contributed by atoms with E-state index in [-0.39, 0.29) is 6.04 Å². The third-order valence-corrected chi connectivity index (χ3v) is 2.85. The first-order valence-electron chi connectivity index (χ1n) is 5.67. The molecule has 0 saturated carbocycles. The van der Waals surface area contributed by atoms with Gasteiger partial charge in [0.05, 0.1) is 6.04 Å². The summed E-state index contributed by atoms with van der Waals surface area (Å²) in [4.78, 5) is 4.35. The molecule has 0 saturated heterocycles. The van der Waals surface area contributed by atoms with Crippen molar-refractivity contribution in [3.63, 3.8) is 0 Å². The largest absolute Gasteiger partial charge is 0.373 e. The lowest BCUT2D eigenvalue weighted by molar-refractivity contribution is 0.861. The van der Waals surface area contributed by atoms with Gasteiger partial charge in [-0.05, 0) is 29.7 Å². The maximum Gasteiger partial charge on any atom is 0.128 e. The molecule has 2 rings (SSSR count). The van der Waals surface area contributed by atoms with Crippen LogP contribution in [0.5, 0.6) is 0 Å². The summed E-state index contributed by atoms with van der Waals surface area (Å²) in [6, 6.07) is 12.0. The van der Waals surface area contributed by atoms with Gasteiger partial charge >= 0.3 is 0 Å². The number of nitrogens with zero attached hydrogens (tertiary/aromatic N) is 1. The molecule has 0 fully saturated rings. The van der Waals surface area contributed by atoms with Gasteiger partial charge in [0, 0.05) is 13.2 Å². The van der Waals surface area contributed by atoms with E-state index < -0.39 is 0 Å². The SMILES string of the molecule is CNc1ncc([C@H](N)c2ccccc2)cc1C. The molecule has 0 unspecified atom stereocenters. The van der Waals surface area contributed by atoms with Crippen LogP contribution in [0.25, 0.3) is 0 Å². The van der Waals surface area contributed by atoms with E-state index in [9.17, 15) is 0 Å². The third kappa shape index (κ3) is 2.45. The summed E-state index contributed by atoms with van der Waals surface area (Å²) in [5.41, 5.74) is 9.46. The Morgan fingerprint density at radius 3 is 2.47 bits per heavy atom. The van der Waals surface area contributed by atoms with Crippen molar-refractivity contribution in [2.24, 2.45) is 5.73 Å². The molecule has 17 heavy (non-hydrogen) atoms. The minimum Gasteiger partial charge on any atom is -0.373 e. The summed E-state index contributed by atoms with van der Waals surface area (Å²) in [5.74, 6) is 0.897. The van der Waals surface area contributed by atoms with Crippen molar-refractivity contribution in [3.05, 3.63) is 59.3 Å². The first-order chi connectivity index (χ1) is 8.22. The Balaban J connectivity index is 2.32. The normalized spacial score (nSPS) is 12.2. The quantitative estimate of drug-likeness (QED) is 0.847. The lowest BCUT2D eigenvalue weighted by Gasteiger charge is -2.14. The Hall–Kier alpha value is -1.87. The van der Waals surface area contributed by atoms with Crippen LogP contribution >= 0.6 is 0 Å². The van der Waals surface area contributed by atoms with Crippen LogP contribution in [-0.2, 0) is 0 Å². The van der Waals surface area contributed by atoms with E-state index in [1.807, 2.05) is 50.5 Å². The molecule has 0 bridgehead atoms. The zero-order chi connectivity index (χ0) is 12.3. The fourth-order valence-corrected chi connectivity index (χ4v) is 1.88. The first-order valence-corrected chi connectivity index (χ1v) is 5.67. The number of nitrogens with two attached hydrogens (primary N) is 1. The standard InChI is InChI=1S/C14H17N3/c1-10-8-12(9-17-14(10)16-2)13(15)11-6-4-3-5-7-11/h3-9,13H,15H2,1-2H3,(H,16,17)/t13-/m1/s1. The Morgan fingerprint density at radius 1 is 1.18 bits per heavy atom. The van der Waals surface area contributed by atoms with Gasteiger partial charge in [0.2, 0.25) is 0 Å². The van der Waals surface area contributed by atoms with Gasteiger partial charge in [-0.25, -0.2) is 4.98 Å². The number of pyridine rings is 1. The molecule has 0 aliphatic heterocycles. The van der Waals surface area contributed by atoms with E-state index in [1.54, 1.807) is 0 Å². The second kappa shape index (κ2) is 4.97. The molecule has 0 aliphatic carbocycles. The Kier molecular flexibility index (Phi) is 3.40. The zero-order valence-electron chi connectivity index (χ0n) is 10.1. The van der Waals surface area contributed by atoms with Crippen molar-refractivity contribution in [2.45, 2.75) is 13.0 Å². The maximum atomic E-state index is 6.22. The molecular formula is C14H17N3. The van der Waals surface area contributed by atoms with E-state index >= 15 is 0 Å². The number of nitrogens with one attached hydrogen (secondary N) is 1. The van der Waals surface area contributed by atoms with Gasteiger partial charge in [0.25, 0.3) is 0 Å². The molecule has 1 heterocycles. The molecule has 1 aromatic carbocycles. The van der Waals surface area contributed by atoms with E-state index in [0.29, 0.717) is 0 Å². The lowest BCUT2D eigenvalue weighted by Crippen LogP contribution is -2.12. The summed E-state index contributed by atoms with van der Waals surface area (Å²) in [5, 5.41) is 3.05. The topological polar surface area (TPSA) is 50.9 Å². The van der Waals surface area contributed by atoms with E-state index in [1.165, 1.54) is 0 Å². The van der Waals surface area contributed by atoms with E-state index in [4.69, 9.17) is 5.73 Å². The molecule has 3 heteroatoms. The predicted molar refractivity (Wildman–Crippen MR) is 71.0 cm³/mol. The van der Waals surface area contributed by atoms with Crippen LogP contribution in [0.3, 0.4) is 0 Å². The minimum atomic E-state index is -0.117. The lowest BCUT2D eigenvalue weighted by atomic mass is 10.00.